The first-order valence-corrected chi connectivity index (χ1v) is 7.80. The van der Waals surface area contributed by atoms with Crippen molar-refractivity contribution in [3.63, 3.8) is 0 Å². The Labute approximate surface area is 128 Å². The standard InChI is InChI=1S/C17H16N2OS/c18-9-4-7-13-8-10-21-16(13)17(20)19-15-11-14(15)12-5-2-1-3-6-12/h1-3,5-6,8,10,14-15H,9,11,18H2,(H,19,20). The fourth-order valence-electron chi connectivity index (χ4n) is 2.39. The van der Waals surface area contributed by atoms with Crippen LogP contribution in [0.2, 0.25) is 0 Å². The maximum absolute atomic E-state index is 12.3. The molecule has 0 saturated heterocycles. The van der Waals surface area contributed by atoms with Crippen molar-refractivity contribution in [3.8, 4) is 11.8 Å². The van der Waals surface area contributed by atoms with Crippen molar-refractivity contribution >= 4 is 17.2 Å². The minimum absolute atomic E-state index is 0.0326. The van der Waals surface area contributed by atoms with E-state index in [0.717, 1.165) is 12.0 Å². The molecule has 1 fully saturated rings. The molecule has 0 bridgehead atoms. The smallest absolute Gasteiger partial charge is 0.262 e. The Kier molecular flexibility index (Phi) is 4.05. The van der Waals surface area contributed by atoms with Gasteiger partial charge in [-0.1, -0.05) is 42.2 Å². The van der Waals surface area contributed by atoms with Gasteiger partial charge in [-0.05, 0) is 23.4 Å². The first-order chi connectivity index (χ1) is 10.3. The molecule has 1 aromatic carbocycles. The van der Waals surface area contributed by atoms with Crippen LogP contribution in [0.5, 0.6) is 0 Å². The van der Waals surface area contributed by atoms with Crippen LogP contribution in [0.4, 0.5) is 0 Å². The van der Waals surface area contributed by atoms with Gasteiger partial charge in [-0.3, -0.25) is 4.79 Å². The minimum Gasteiger partial charge on any atom is -0.348 e. The first kappa shape index (κ1) is 13.9. The molecule has 1 heterocycles. The van der Waals surface area contributed by atoms with Crippen LogP contribution < -0.4 is 11.1 Å². The summed E-state index contributed by atoms with van der Waals surface area (Å²) in [6.07, 6.45) is 1.00. The summed E-state index contributed by atoms with van der Waals surface area (Å²) in [4.78, 5) is 13.0. The summed E-state index contributed by atoms with van der Waals surface area (Å²) in [5.41, 5.74) is 7.43. The Hall–Kier alpha value is -2.09. The van der Waals surface area contributed by atoms with E-state index in [1.807, 2.05) is 29.6 Å². The largest absolute Gasteiger partial charge is 0.348 e. The van der Waals surface area contributed by atoms with E-state index < -0.39 is 0 Å². The lowest BCUT2D eigenvalue weighted by Gasteiger charge is -2.04. The normalized spacial score (nSPS) is 19.5. The van der Waals surface area contributed by atoms with E-state index in [1.165, 1.54) is 16.9 Å². The second-order valence-electron chi connectivity index (χ2n) is 5.00. The summed E-state index contributed by atoms with van der Waals surface area (Å²) < 4.78 is 0. The van der Waals surface area contributed by atoms with Crippen molar-refractivity contribution < 1.29 is 4.79 Å². The Morgan fingerprint density at radius 2 is 2.14 bits per heavy atom. The van der Waals surface area contributed by atoms with Crippen LogP contribution in [0.15, 0.2) is 41.8 Å². The molecule has 1 aliphatic carbocycles. The molecular weight excluding hydrogens is 280 g/mol. The van der Waals surface area contributed by atoms with Gasteiger partial charge in [0.15, 0.2) is 0 Å². The summed E-state index contributed by atoms with van der Waals surface area (Å²) >= 11 is 1.42. The van der Waals surface area contributed by atoms with E-state index in [4.69, 9.17) is 5.73 Å². The molecule has 1 aromatic heterocycles. The van der Waals surface area contributed by atoms with Gasteiger partial charge in [0.25, 0.3) is 5.91 Å². The third-order valence-electron chi connectivity index (χ3n) is 3.53. The van der Waals surface area contributed by atoms with Gasteiger partial charge in [0, 0.05) is 17.5 Å². The number of hydrogen-bond acceptors (Lipinski definition) is 3. The van der Waals surface area contributed by atoms with Crippen LogP contribution >= 0.6 is 11.3 Å². The van der Waals surface area contributed by atoms with Crippen molar-refractivity contribution in [1.82, 2.24) is 5.32 Å². The van der Waals surface area contributed by atoms with Crippen LogP contribution in [-0.4, -0.2) is 18.5 Å². The second-order valence-corrected chi connectivity index (χ2v) is 5.92. The third kappa shape index (κ3) is 3.15. The average Bonchev–Trinajstić information content (AvgIpc) is 3.11. The number of hydrogen-bond donors (Lipinski definition) is 2. The molecule has 1 aliphatic rings. The van der Waals surface area contributed by atoms with Gasteiger partial charge < -0.3 is 11.1 Å². The predicted octanol–water partition coefficient (Wildman–Crippen LogP) is 2.34. The van der Waals surface area contributed by atoms with Crippen LogP contribution in [0.1, 0.15) is 33.1 Å². The molecule has 3 rings (SSSR count). The number of nitrogens with one attached hydrogen (secondary N) is 1. The molecule has 0 spiro atoms. The van der Waals surface area contributed by atoms with E-state index in [1.54, 1.807) is 0 Å². The number of thiophene rings is 1. The molecule has 21 heavy (non-hydrogen) atoms. The maximum Gasteiger partial charge on any atom is 0.262 e. The van der Waals surface area contributed by atoms with Gasteiger partial charge in [0.1, 0.15) is 4.88 Å². The third-order valence-corrected chi connectivity index (χ3v) is 4.44. The molecule has 2 unspecified atom stereocenters. The monoisotopic (exact) mass is 296 g/mol. The van der Waals surface area contributed by atoms with Gasteiger partial charge in [0.2, 0.25) is 0 Å². The number of carbonyl (C=O) groups excluding carboxylic acids is 1. The molecule has 1 amide bonds. The SMILES string of the molecule is NCC#Cc1ccsc1C(=O)NC1CC1c1ccccc1. The van der Waals surface area contributed by atoms with Crippen LogP contribution in [0.25, 0.3) is 0 Å². The topological polar surface area (TPSA) is 55.1 Å². The van der Waals surface area contributed by atoms with E-state index in [0.29, 0.717) is 17.3 Å². The average molecular weight is 296 g/mol. The quantitative estimate of drug-likeness (QED) is 0.854. The molecule has 3 N–H and O–H groups in total. The van der Waals surface area contributed by atoms with Crippen LogP contribution in [0.3, 0.4) is 0 Å². The second kappa shape index (κ2) is 6.13. The Morgan fingerprint density at radius 1 is 1.33 bits per heavy atom. The van der Waals surface area contributed by atoms with Crippen molar-refractivity contribution in [2.24, 2.45) is 5.73 Å². The van der Waals surface area contributed by atoms with Gasteiger partial charge in [-0.25, -0.2) is 0 Å². The molecular formula is C17H16N2OS. The van der Waals surface area contributed by atoms with Crippen molar-refractivity contribution in [1.29, 1.82) is 0 Å². The zero-order valence-corrected chi connectivity index (χ0v) is 12.3. The van der Waals surface area contributed by atoms with E-state index in [9.17, 15) is 4.79 Å². The van der Waals surface area contributed by atoms with E-state index in [2.05, 4.69) is 29.3 Å². The van der Waals surface area contributed by atoms with E-state index in [-0.39, 0.29) is 11.9 Å². The van der Waals surface area contributed by atoms with Gasteiger partial charge >= 0.3 is 0 Å². The van der Waals surface area contributed by atoms with Crippen LogP contribution in [-0.2, 0) is 0 Å². The van der Waals surface area contributed by atoms with Gasteiger partial charge in [-0.15, -0.1) is 11.3 Å². The number of nitrogens with two attached hydrogens (primary N) is 1. The zero-order valence-electron chi connectivity index (χ0n) is 11.5. The highest BCUT2D eigenvalue weighted by Crippen LogP contribution is 2.40. The lowest BCUT2D eigenvalue weighted by atomic mass is 10.1. The fourth-order valence-corrected chi connectivity index (χ4v) is 3.14. The van der Waals surface area contributed by atoms with Gasteiger partial charge in [-0.2, -0.15) is 0 Å². The molecule has 2 atom stereocenters. The molecule has 106 valence electrons. The zero-order chi connectivity index (χ0) is 14.7. The number of benzene rings is 1. The molecule has 3 nitrogen and oxygen atoms in total. The number of carbonyl (C=O) groups is 1. The summed E-state index contributed by atoms with van der Waals surface area (Å²) in [7, 11) is 0. The molecule has 2 aromatic rings. The fraction of sp³-hybridized carbons (Fsp3) is 0.235. The van der Waals surface area contributed by atoms with Crippen molar-refractivity contribution in [3.05, 3.63) is 57.8 Å². The van der Waals surface area contributed by atoms with Crippen LogP contribution in [0, 0.1) is 11.8 Å². The lowest BCUT2D eigenvalue weighted by Crippen LogP contribution is -2.26. The highest BCUT2D eigenvalue weighted by molar-refractivity contribution is 7.12. The molecule has 0 aliphatic heterocycles. The molecule has 0 radical (unpaired) electrons. The minimum atomic E-state index is -0.0326. The lowest BCUT2D eigenvalue weighted by molar-refractivity contribution is 0.0954. The molecule has 4 heteroatoms. The Bertz CT molecular complexity index is 696. The maximum atomic E-state index is 12.3. The predicted molar refractivity (Wildman–Crippen MR) is 85.3 cm³/mol. The number of amides is 1. The highest BCUT2D eigenvalue weighted by atomic mass is 32.1. The van der Waals surface area contributed by atoms with E-state index >= 15 is 0 Å². The highest BCUT2D eigenvalue weighted by Gasteiger charge is 2.39. The summed E-state index contributed by atoms with van der Waals surface area (Å²) in [6, 6.07) is 12.4. The first-order valence-electron chi connectivity index (χ1n) is 6.92. The van der Waals surface area contributed by atoms with Gasteiger partial charge in [0.05, 0.1) is 6.54 Å². The van der Waals surface area contributed by atoms with Crippen molar-refractivity contribution in [2.45, 2.75) is 18.4 Å². The molecule has 1 saturated carbocycles. The number of rotatable bonds is 3. The summed E-state index contributed by atoms with van der Waals surface area (Å²) in [6.45, 7) is 0.301. The van der Waals surface area contributed by atoms with Crippen molar-refractivity contribution in [2.75, 3.05) is 6.54 Å². The Morgan fingerprint density at radius 3 is 2.90 bits per heavy atom. The Balaban J connectivity index is 1.65. The summed E-state index contributed by atoms with van der Waals surface area (Å²) in [5, 5.41) is 4.98. The summed E-state index contributed by atoms with van der Waals surface area (Å²) in [5.74, 6) is 6.14.